The SMILES string of the molecule is CC(=O)N(C)C(=O)ON=C1SC(C)(C)N=C1C. The first-order chi connectivity index (χ1) is 7.73. The average Bonchev–Trinajstić information content (AvgIpc) is 2.46. The first-order valence-corrected chi connectivity index (χ1v) is 5.83. The van der Waals surface area contributed by atoms with Crippen LogP contribution in [0.1, 0.15) is 27.7 Å². The molecule has 0 aromatic rings. The number of thioether (sulfide) groups is 1. The lowest BCUT2D eigenvalue weighted by atomic mass is 10.4. The van der Waals surface area contributed by atoms with Crippen LogP contribution in [0, 0.1) is 0 Å². The van der Waals surface area contributed by atoms with Gasteiger partial charge in [0.1, 0.15) is 4.87 Å². The van der Waals surface area contributed by atoms with Crippen molar-refractivity contribution in [1.82, 2.24) is 4.90 Å². The van der Waals surface area contributed by atoms with E-state index in [0.29, 0.717) is 5.04 Å². The topological polar surface area (TPSA) is 71.3 Å². The Bertz CT molecular complexity index is 415. The molecule has 0 aliphatic carbocycles. The summed E-state index contributed by atoms with van der Waals surface area (Å²) < 4.78 is 0. The number of carbonyl (C=O) groups excluding carboxylic acids is 2. The summed E-state index contributed by atoms with van der Waals surface area (Å²) in [5, 5.41) is 4.26. The predicted molar refractivity (Wildman–Crippen MR) is 67.1 cm³/mol. The molecule has 17 heavy (non-hydrogen) atoms. The van der Waals surface area contributed by atoms with Crippen molar-refractivity contribution in [2.24, 2.45) is 10.1 Å². The molecule has 0 fully saturated rings. The van der Waals surface area contributed by atoms with Gasteiger partial charge in [0.25, 0.3) is 0 Å². The molecule has 1 aliphatic heterocycles. The van der Waals surface area contributed by atoms with Crippen LogP contribution < -0.4 is 0 Å². The van der Waals surface area contributed by atoms with Crippen LogP contribution in [0.15, 0.2) is 10.1 Å². The fourth-order valence-corrected chi connectivity index (χ4v) is 2.06. The Morgan fingerprint density at radius 3 is 2.47 bits per heavy atom. The van der Waals surface area contributed by atoms with E-state index < -0.39 is 12.0 Å². The summed E-state index contributed by atoms with van der Waals surface area (Å²) in [6.45, 7) is 6.94. The summed E-state index contributed by atoms with van der Waals surface area (Å²) in [6, 6.07) is 0. The number of rotatable bonds is 1. The highest BCUT2D eigenvalue weighted by molar-refractivity contribution is 8.17. The van der Waals surface area contributed by atoms with Gasteiger partial charge in [0, 0.05) is 14.0 Å². The molecule has 2 amide bonds. The quantitative estimate of drug-likeness (QED) is 0.531. The van der Waals surface area contributed by atoms with Gasteiger partial charge in [0.05, 0.1) is 5.71 Å². The number of aliphatic imine (C=N–C) groups is 1. The minimum absolute atomic E-state index is 0.290. The molecule has 0 N–H and O–H groups in total. The summed E-state index contributed by atoms with van der Waals surface area (Å²) in [7, 11) is 1.33. The molecule has 1 heterocycles. The summed E-state index contributed by atoms with van der Waals surface area (Å²) in [5.41, 5.74) is 0.721. The van der Waals surface area contributed by atoms with Crippen molar-refractivity contribution in [1.29, 1.82) is 0 Å². The zero-order valence-electron chi connectivity index (χ0n) is 10.5. The fraction of sp³-hybridized carbons (Fsp3) is 0.600. The summed E-state index contributed by atoms with van der Waals surface area (Å²) >= 11 is 1.40. The maximum absolute atomic E-state index is 11.3. The van der Waals surface area contributed by atoms with Crippen LogP contribution in [0.4, 0.5) is 4.79 Å². The Morgan fingerprint density at radius 1 is 1.47 bits per heavy atom. The highest BCUT2D eigenvalue weighted by Gasteiger charge is 2.30. The Hall–Kier alpha value is -1.37. The van der Waals surface area contributed by atoms with E-state index in [1.54, 1.807) is 6.92 Å². The minimum atomic E-state index is -0.803. The van der Waals surface area contributed by atoms with Gasteiger partial charge >= 0.3 is 6.09 Å². The van der Waals surface area contributed by atoms with E-state index in [4.69, 9.17) is 0 Å². The lowest BCUT2D eigenvalue weighted by Crippen LogP contribution is -2.30. The molecular weight excluding hydrogens is 242 g/mol. The molecule has 6 nitrogen and oxygen atoms in total. The predicted octanol–water partition coefficient (Wildman–Crippen LogP) is 1.86. The van der Waals surface area contributed by atoms with Crippen LogP contribution in [0.2, 0.25) is 0 Å². The second kappa shape index (κ2) is 4.87. The lowest BCUT2D eigenvalue weighted by Gasteiger charge is -2.11. The number of hydrogen-bond acceptors (Lipinski definition) is 6. The molecule has 1 aliphatic rings. The fourth-order valence-electron chi connectivity index (χ4n) is 1.14. The number of hydrogen-bond donors (Lipinski definition) is 0. The molecule has 0 saturated heterocycles. The normalized spacial score (nSPS) is 20.1. The van der Waals surface area contributed by atoms with Crippen molar-refractivity contribution in [3.63, 3.8) is 0 Å². The van der Waals surface area contributed by atoms with Gasteiger partial charge in [-0.2, -0.15) is 0 Å². The molecule has 0 bridgehead atoms. The number of carbonyl (C=O) groups is 2. The standard InChI is InChI=1S/C10H15N3O3S/c1-6-8(17-10(3,4)11-6)12-16-9(15)13(5)7(2)14/h1-5H3. The molecule has 0 aromatic carbocycles. The highest BCUT2D eigenvalue weighted by atomic mass is 32.2. The Morgan fingerprint density at radius 2 is 2.06 bits per heavy atom. The van der Waals surface area contributed by atoms with Gasteiger partial charge < -0.3 is 0 Å². The van der Waals surface area contributed by atoms with Crippen LogP contribution >= 0.6 is 11.8 Å². The van der Waals surface area contributed by atoms with E-state index in [1.165, 1.54) is 25.7 Å². The van der Waals surface area contributed by atoms with Crippen LogP contribution in [0.3, 0.4) is 0 Å². The van der Waals surface area contributed by atoms with Crippen molar-refractivity contribution in [2.75, 3.05) is 7.05 Å². The van der Waals surface area contributed by atoms with Gasteiger partial charge in [-0.1, -0.05) is 16.9 Å². The first kappa shape index (κ1) is 13.7. The Balaban J connectivity index is 2.66. The van der Waals surface area contributed by atoms with E-state index in [2.05, 4.69) is 15.0 Å². The molecule has 0 radical (unpaired) electrons. The lowest BCUT2D eigenvalue weighted by molar-refractivity contribution is -0.126. The molecule has 0 spiro atoms. The summed E-state index contributed by atoms with van der Waals surface area (Å²) in [4.78, 5) is 31.8. The zero-order chi connectivity index (χ0) is 13.2. The molecule has 0 saturated carbocycles. The molecular formula is C10H15N3O3S. The molecule has 0 atom stereocenters. The largest absolute Gasteiger partial charge is 0.442 e. The minimum Gasteiger partial charge on any atom is -0.296 e. The van der Waals surface area contributed by atoms with Gasteiger partial charge in [0.15, 0.2) is 5.04 Å². The number of nitrogens with zero attached hydrogens (tertiary/aromatic N) is 3. The third-order valence-electron chi connectivity index (χ3n) is 2.05. The van der Waals surface area contributed by atoms with Gasteiger partial charge in [-0.05, 0) is 20.8 Å². The Labute approximate surface area is 104 Å². The highest BCUT2D eigenvalue weighted by Crippen LogP contribution is 2.33. The Kier molecular flexibility index (Phi) is 3.92. The maximum Gasteiger partial charge on any atom is 0.442 e. The first-order valence-electron chi connectivity index (χ1n) is 5.02. The van der Waals surface area contributed by atoms with E-state index in [0.717, 1.165) is 10.6 Å². The molecule has 94 valence electrons. The van der Waals surface area contributed by atoms with E-state index in [1.807, 2.05) is 13.8 Å². The second-order valence-electron chi connectivity index (χ2n) is 4.08. The average molecular weight is 257 g/mol. The third-order valence-corrected chi connectivity index (χ3v) is 3.20. The maximum atomic E-state index is 11.3. The van der Waals surface area contributed by atoms with Gasteiger partial charge in [-0.15, -0.1) is 0 Å². The van der Waals surface area contributed by atoms with E-state index in [-0.39, 0.29) is 4.87 Å². The van der Waals surface area contributed by atoms with Gasteiger partial charge in [-0.3, -0.25) is 14.6 Å². The number of amides is 2. The van der Waals surface area contributed by atoms with Crippen LogP contribution in [0.25, 0.3) is 0 Å². The monoisotopic (exact) mass is 257 g/mol. The molecule has 0 aromatic heterocycles. The van der Waals surface area contributed by atoms with E-state index in [9.17, 15) is 9.59 Å². The van der Waals surface area contributed by atoms with Gasteiger partial charge in [0.2, 0.25) is 5.91 Å². The van der Waals surface area contributed by atoms with Crippen molar-refractivity contribution < 1.29 is 14.4 Å². The van der Waals surface area contributed by atoms with Crippen molar-refractivity contribution in [3.8, 4) is 0 Å². The number of oxime groups is 1. The molecule has 0 unspecified atom stereocenters. The van der Waals surface area contributed by atoms with Crippen LogP contribution in [-0.2, 0) is 9.63 Å². The van der Waals surface area contributed by atoms with Crippen molar-refractivity contribution in [2.45, 2.75) is 32.6 Å². The van der Waals surface area contributed by atoms with Crippen LogP contribution in [0.5, 0.6) is 0 Å². The van der Waals surface area contributed by atoms with E-state index >= 15 is 0 Å². The van der Waals surface area contributed by atoms with Crippen LogP contribution in [-0.4, -0.2) is 39.6 Å². The molecule has 7 heteroatoms. The number of imide groups is 1. The summed E-state index contributed by atoms with van der Waals surface area (Å²) in [6.07, 6.45) is -0.803. The van der Waals surface area contributed by atoms with Crippen molar-refractivity contribution >= 4 is 34.5 Å². The second-order valence-corrected chi connectivity index (χ2v) is 5.67. The molecule has 1 rings (SSSR count). The smallest absolute Gasteiger partial charge is 0.296 e. The van der Waals surface area contributed by atoms with Gasteiger partial charge in [-0.25, -0.2) is 9.69 Å². The third kappa shape index (κ3) is 3.55. The summed E-state index contributed by atoms with van der Waals surface area (Å²) in [5.74, 6) is -0.403. The zero-order valence-corrected chi connectivity index (χ0v) is 11.3. The van der Waals surface area contributed by atoms with Crippen molar-refractivity contribution in [3.05, 3.63) is 0 Å².